The van der Waals surface area contributed by atoms with E-state index in [1.807, 2.05) is 30.3 Å². The summed E-state index contributed by atoms with van der Waals surface area (Å²) in [6.45, 7) is 0.258. The van der Waals surface area contributed by atoms with Gasteiger partial charge in [0, 0.05) is 5.69 Å². The molecule has 0 saturated heterocycles. The average molecular weight is 387 g/mol. The number of hydrogen-bond donors (Lipinski definition) is 2. The maximum Gasteiger partial charge on any atom is 0.229 e. The third-order valence-electron chi connectivity index (χ3n) is 3.47. The number of anilines is 3. The number of para-hydroxylation sites is 1. The molecule has 1 heterocycles. The first-order valence-electron chi connectivity index (χ1n) is 8.14. The molecule has 27 heavy (non-hydrogen) atoms. The highest BCUT2D eigenvalue weighted by molar-refractivity contribution is 6.31. The topological polar surface area (TPSA) is 76.1 Å². The molecule has 0 unspecified atom stereocenters. The summed E-state index contributed by atoms with van der Waals surface area (Å²) in [5.74, 6) is 0.737. The van der Waals surface area contributed by atoms with Gasteiger partial charge in [-0.05, 0) is 42.5 Å². The van der Waals surface area contributed by atoms with Crippen LogP contribution in [0.4, 0.5) is 21.7 Å². The van der Waals surface area contributed by atoms with E-state index in [1.165, 1.54) is 18.2 Å². The van der Waals surface area contributed by atoms with Crippen LogP contribution < -0.4 is 15.4 Å². The summed E-state index contributed by atoms with van der Waals surface area (Å²) in [5.41, 5.74) is 0.575. The smallest absolute Gasteiger partial charge is 0.229 e. The van der Waals surface area contributed by atoms with Crippen LogP contribution in [-0.4, -0.2) is 22.7 Å². The molecular weight excluding hydrogens is 371 g/mol. The number of ether oxygens (including phenoxy) is 1. The summed E-state index contributed by atoms with van der Waals surface area (Å²) in [7, 11) is 0. The summed E-state index contributed by atoms with van der Waals surface area (Å²) in [6, 6.07) is 16.7. The Labute approximate surface area is 160 Å². The Kier molecular flexibility index (Phi) is 6.17. The third kappa shape index (κ3) is 5.65. The van der Waals surface area contributed by atoms with Gasteiger partial charge in [0.25, 0.3) is 0 Å². The van der Waals surface area contributed by atoms with Crippen LogP contribution in [0.25, 0.3) is 0 Å². The predicted molar refractivity (Wildman–Crippen MR) is 102 cm³/mol. The molecule has 3 aromatic rings. The van der Waals surface area contributed by atoms with Crippen LogP contribution in [0.5, 0.6) is 5.75 Å². The molecule has 3 rings (SSSR count). The molecule has 2 N–H and O–H groups in total. The van der Waals surface area contributed by atoms with Crippen molar-refractivity contribution in [2.24, 2.45) is 0 Å². The number of nitrogens with zero attached hydrogens (tertiary/aromatic N) is 2. The molecule has 0 radical (unpaired) electrons. The second-order valence-corrected chi connectivity index (χ2v) is 5.92. The quantitative estimate of drug-likeness (QED) is 0.628. The van der Waals surface area contributed by atoms with E-state index in [0.717, 1.165) is 0 Å². The number of aromatic nitrogens is 2. The molecule has 138 valence electrons. The number of carbonyl (C=O) groups excluding carboxylic acids is 1. The first-order valence-corrected chi connectivity index (χ1v) is 8.51. The lowest BCUT2D eigenvalue weighted by Crippen LogP contribution is -2.16. The highest BCUT2D eigenvalue weighted by Gasteiger charge is 2.06. The first-order chi connectivity index (χ1) is 13.1. The van der Waals surface area contributed by atoms with Crippen molar-refractivity contribution in [1.82, 2.24) is 10.2 Å². The van der Waals surface area contributed by atoms with Crippen LogP contribution in [0.15, 0.2) is 60.7 Å². The summed E-state index contributed by atoms with van der Waals surface area (Å²) in [4.78, 5) is 11.9. The monoisotopic (exact) mass is 386 g/mol. The van der Waals surface area contributed by atoms with Crippen LogP contribution in [0.1, 0.15) is 6.42 Å². The van der Waals surface area contributed by atoms with Crippen molar-refractivity contribution in [2.75, 3.05) is 17.2 Å². The van der Waals surface area contributed by atoms with Crippen LogP contribution in [0.3, 0.4) is 0 Å². The normalized spacial score (nSPS) is 10.3. The molecule has 6 nitrogen and oxygen atoms in total. The number of hydrogen-bond acceptors (Lipinski definition) is 5. The van der Waals surface area contributed by atoms with Crippen molar-refractivity contribution < 1.29 is 13.9 Å². The fourth-order valence-electron chi connectivity index (χ4n) is 2.17. The lowest BCUT2D eigenvalue weighted by atomic mass is 10.3. The molecule has 2 aromatic carbocycles. The minimum Gasteiger partial charge on any atom is -0.493 e. The zero-order valence-electron chi connectivity index (χ0n) is 14.2. The molecular formula is C19H16ClFN4O2. The summed E-state index contributed by atoms with van der Waals surface area (Å²) in [5, 5.41) is 13.5. The van der Waals surface area contributed by atoms with Crippen LogP contribution in [0.2, 0.25) is 5.02 Å². The van der Waals surface area contributed by atoms with Gasteiger partial charge in [-0.2, -0.15) is 0 Å². The minimum absolute atomic E-state index is 0.00886. The van der Waals surface area contributed by atoms with Crippen molar-refractivity contribution in [1.29, 1.82) is 0 Å². The number of carbonyl (C=O) groups is 1. The first kappa shape index (κ1) is 18.6. The van der Waals surface area contributed by atoms with Gasteiger partial charge < -0.3 is 15.4 Å². The Morgan fingerprint density at radius 1 is 1.04 bits per heavy atom. The van der Waals surface area contributed by atoms with E-state index in [1.54, 1.807) is 12.1 Å². The second kappa shape index (κ2) is 8.95. The van der Waals surface area contributed by atoms with Gasteiger partial charge in [-0.3, -0.25) is 4.79 Å². The molecule has 0 atom stereocenters. The molecule has 0 fully saturated rings. The van der Waals surface area contributed by atoms with Gasteiger partial charge in [-0.15, -0.1) is 10.2 Å². The van der Waals surface area contributed by atoms with Crippen LogP contribution in [0, 0.1) is 5.82 Å². The molecule has 0 spiro atoms. The average Bonchev–Trinajstić information content (AvgIpc) is 2.67. The number of nitrogens with one attached hydrogen (secondary N) is 2. The van der Waals surface area contributed by atoms with E-state index in [-0.39, 0.29) is 24.0 Å². The Balaban J connectivity index is 1.48. The second-order valence-electron chi connectivity index (χ2n) is 5.52. The molecule has 0 aliphatic rings. The lowest BCUT2D eigenvalue weighted by Gasteiger charge is -2.08. The SMILES string of the molecule is O=C(CCOc1ccccc1)Nc1ccc(Nc2ccc(F)c(Cl)c2)nn1. The molecule has 0 saturated carbocycles. The van der Waals surface area contributed by atoms with Crippen LogP contribution >= 0.6 is 11.6 Å². The Morgan fingerprint density at radius 3 is 2.48 bits per heavy atom. The van der Waals surface area contributed by atoms with Gasteiger partial charge in [-0.25, -0.2) is 4.39 Å². The maximum absolute atomic E-state index is 13.2. The lowest BCUT2D eigenvalue weighted by molar-refractivity contribution is -0.116. The highest BCUT2D eigenvalue weighted by atomic mass is 35.5. The third-order valence-corrected chi connectivity index (χ3v) is 3.75. The molecule has 1 aromatic heterocycles. The van der Waals surface area contributed by atoms with Crippen molar-refractivity contribution in [3.8, 4) is 5.75 Å². The maximum atomic E-state index is 13.2. The van der Waals surface area contributed by atoms with Crippen molar-refractivity contribution in [3.63, 3.8) is 0 Å². The minimum atomic E-state index is -0.498. The van der Waals surface area contributed by atoms with E-state index in [9.17, 15) is 9.18 Å². The van der Waals surface area contributed by atoms with Gasteiger partial charge >= 0.3 is 0 Å². The van der Waals surface area contributed by atoms with E-state index < -0.39 is 5.82 Å². The van der Waals surface area contributed by atoms with Gasteiger partial charge in [0.2, 0.25) is 5.91 Å². The number of amides is 1. The van der Waals surface area contributed by atoms with Gasteiger partial charge in [0.05, 0.1) is 18.1 Å². The molecule has 0 aliphatic heterocycles. The number of halogens is 2. The van der Waals surface area contributed by atoms with Gasteiger partial charge in [-0.1, -0.05) is 29.8 Å². The largest absolute Gasteiger partial charge is 0.493 e. The zero-order valence-corrected chi connectivity index (χ0v) is 14.9. The summed E-state index contributed by atoms with van der Waals surface area (Å²) >= 11 is 5.73. The predicted octanol–water partition coefficient (Wildman–Crippen LogP) is 4.42. The summed E-state index contributed by atoms with van der Waals surface area (Å²) in [6.07, 6.45) is 0.185. The van der Waals surface area contributed by atoms with E-state index in [4.69, 9.17) is 16.3 Å². The number of benzene rings is 2. The van der Waals surface area contributed by atoms with Crippen molar-refractivity contribution in [3.05, 3.63) is 71.5 Å². The fraction of sp³-hybridized carbons (Fsp3) is 0.105. The van der Waals surface area contributed by atoms with Crippen LogP contribution in [-0.2, 0) is 4.79 Å². The standard InChI is InChI=1S/C19H16ClFN4O2/c20-15-12-13(6-7-16(15)21)22-17-8-9-18(25-24-17)23-19(26)10-11-27-14-4-2-1-3-5-14/h1-9,12H,10-11H2,(H,22,24)(H,23,25,26). The molecule has 8 heteroatoms. The van der Waals surface area contributed by atoms with Crippen molar-refractivity contribution in [2.45, 2.75) is 6.42 Å². The Hall–Kier alpha value is -3.19. The molecule has 0 aliphatic carbocycles. The summed E-state index contributed by atoms with van der Waals surface area (Å²) < 4.78 is 18.6. The molecule has 1 amide bonds. The Morgan fingerprint density at radius 2 is 1.78 bits per heavy atom. The van der Waals surface area contributed by atoms with Gasteiger partial charge in [0.15, 0.2) is 11.6 Å². The van der Waals surface area contributed by atoms with Gasteiger partial charge in [0.1, 0.15) is 11.6 Å². The molecule has 0 bridgehead atoms. The number of rotatable bonds is 7. The Bertz CT molecular complexity index is 907. The van der Waals surface area contributed by atoms with E-state index >= 15 is 0 Å². The zero-order chi connectivity index (χ0) is 19.1. The van der Waals surface area contributed by atoms with Crippen molar-refractivity contribution >= 4 is 34.8 Å². The van der Waals surface area contributed by atoms with E-state index in [2.05, 4.69) is 20.8 Å². The fourth-order valence-corrected chi connectivity index (χ4v) is 2.35. The highest BCUT2D eigenvalue weighted by Crippen LogP contribution is 2.22. The van der Waals surface area contributed by atoms with E-state index in [0.29, 0.717) is 23.1 Å².